The lowest BCUT2D eigenvalue weighted by Gasteiger charge is -2.18. The molecule has 0 atom stereocenters. The summed E-state index contributed by atoms with van der Waals surface area (Å²) in [5.41, 5.74) is 0.829. The molecule has 3 aromatic rings. The van der Waals surface area contributed by atoms with Gasteiger partial charge in [0.2, 0.25) is 16.8 Å². The van der Waals surface area contributed by atoms with Gasteiger partial charge in [0, 0.05) is 26.1 Å². The average Bonchev–Trinajstić information content (AvgIpc) is 3.55. The van der Waals surface area contributed by atoms with Gasteiger partial charge in [-0.05, 0) is 65.9 Å². The molecule has 0 aromatic heterocycles. The smallest absolute Gasteiger partial charge is 0.454 e. The summed E-state index contributed by atoms with van der Waals surface area (Å²) in [6, 6.07) is 15.0. The van der Waals surface area contributed by atoms with E-state index in [2.05, 4.69) is 4.74 Å². The molecule has 0 unspecified atom stereocenters. The number of nitrogens with zero attached hydrogens (tertiary/aromatic N) is 1. The topological polar surface area (TPSA) is 82.1 Å². The van der Waals surface area contributed by atoms with E-state index in [1.807, 2.05) is 6.07 Å². The van der Waals surface area contributed by atoms with Crippen molar-refractivity contribution in [3.8, 4) is 28.4 Å². The molecule has 0 N–H and O–H groups in total. The molecular formula is C27H24F3NO6S. The Labute approximate surface area is 217 Å². The molecule has 200 valence electrons. The third-order valence-electron chi connectivity index (χ3n) is 6.77. The van der Waals surface area contributed by atoms with Crippen LogP contribution in [0.2, 0.25) is 0 Å². The molecule has 1 fully saturated rings. The monoisotopic (exact) mass is 547 g/mol. The number of fused-ring (bicyclic) bond motifs is 1. The van der Waals surface area contributed by atoms with Gasteiger partial charge in [-0.2, -0.15) is 0 Å². The Balaban J connectivity index is 1.49. The van der Waals surface area contributed by atoms with Crippen LogP contribution in [-0.4, -0.2) is 45.8 Å². The van der Waals surface area contributed by atoms with Gasteiger partial charge in [0.05, 0.1) is 10.3 Å². The lowest BCUT2D eigenvalue weighted by Crippen LogP contribution is -2.23. The molecule has 1 aliphatic carbocycles. The number of carbonyl (C=O) groups is 1. The molecule has 3 aromatic carbocycles. The van der Waals surface area contributed by atoms with Crippen LogP contribution >= 0.6 is 0 Å². The van der Waals surface area contributed by atoms with Crippen LogP contribution in [-0.2, 0) is 26.7 Å². The van der Waals surface area contributed by atoms with Gasteiger partial charge in [-0.1, -0.05) is 24.3 Å². The van der Waals surface area contributed by atoms with Crippen LogP contribution in [0.3, 0.4) is 0 Å². The minimum absolute atomic E-state index is 0.0244. The van der Waals surface area contributed by atoms with Crippen molar-refractivity contribution in [2.45, 2.75) is 35.9 Å². The largest absolute Gasteiger partial charge is 0.573 e. The lowest BCUT2D eigenvalue weighted by atomic mass is 9.87. The van der Waals surface area contributed by atoms with E-state index in [1.54, 1.807) is 12.1 Å². The second kappa shape index (κ2) is 9.32. The SMILES string of the molecule is CN(C)S(=O)(=O)c1cccc(-c2cc(CC(=O)C3(c4ccc5c(c4)OCO5)CC3)ccc2OC(F)(F)F)c1. The predicted molar refractivity (Wildman–Crippen MR) is 132 cm³/mol. The first-order valence-electron chi connectivity index (χ1n) is 11.7. The summed E-state index contributed by atoms with van der Waals surface area (Å²) in [6.07, 6.45) is -3.68. The number of Topliss-reactive ketones (excluding diaryl/α,β-unsaturated/α-hetero) is 1. The number of hydrogen-bond acceptors (Lipinski definition) is 6. The first-order valence-corrected chi connectivity index (χ1v) is 13.2. The van der Waals surface area contributed by atoms with E-state index in [0.29, 0.717) is 29.9 Å². The number of hydrogen-bond donors (Lipinski definition) is 0. The number of sulfonamides is 1. The van der Waals surface area contributed by atoms with Gasteiger partial charge in [0.15, 0.2) is 11.5 Å². The standard InChI is InChI=1S/C27H24F3NO6S/c1-31(2)38(33,34)20-5-3-4-18(14-20)21-12-17(6-8-22(21)37-27(28,29)30)13-25(32)26(10-11-26)19-7-9-23-24(15-19)36-16-35-23/h3-9,12,14-15H,10-11,13,16H2,1-2H3. The highest BCUT2D eigenvalue weighted by atomic mass is 32.2. The average molecular weight is 548 g/mol. The van der Waals surface area contributed by atoms with Crippen molar-refractivity contribution < 1.29 is 40.6 Å². The van der Waals surface area contributed by atoms with E-state index >= 15 is 0 Å². The second-order valence-corrected chi connectivity index (χ2v) is 11.6. The Hall–Kier alpha value is -3.57. The van der Waals surface area contributed by atoms with Gasteiger partial charge in [-0.15, -0.1) is 13.2 Å². The Morgan fingerprint density at radius 3 is 2.42 bits per heavy atom. The summed E-state index contributed by atoms with van der Waals surface area (Å²) in [6.45, 7) is 0.117. The normalized spacial score (nSPS) is 15.9. The fourth-order valence-corrected chi connectivity index (χ4v) is 5.51. The first kappa shape index (κ1) is 26.1. The Morgan fingerprint density at radius 2 is 1.74 bits per heavy atom. The summed E-state index contributed by atoms with van der Waals surface area (Å²) in [7, 11) is -1.11. The molecule has 0 radical (unpaired) electrons. The fraction of sp³-hybridized carbons (Fsp3) is 0.296. The molecular weight excluding hydrogens is 523 g/mol. The molecule has 38 heavy (non-hydrogen) atoms. The van der Waals surface area contributed by atoms with Crippen molar-refractivity contribution in [3.05, 3.63) is 71.8 Å². The highest BCUT2D eigenvalue weighted by Crippen LogP contribution is 2.51. The van der Waals surface area contributed by atoms with E-state index in [4.69, 9.17) is 9.47 Å². The fourth-order valence-electron chi connectivity index (χ4n) is 4.56. The van der Waals surface area contributed by atoms with E-state index in [0.717, 1.165) is 15.9 Å². The lowest BCUT2D eigenvalue weighted by molar-refractivity contribution is -0.274. The van der Waals surface area contributed by atoms with E-state index < -0.39 is 27.6 Å². The number of ketones is 1. The van der Waals surface area contributed by atoms with Crippen LogP contribution in [0.25, 0.3) is 11.1 Å². The summed E-state index contributed by atoms with van der Waals surface area (Å²) >= 11 is 0. The van der Waals surface area contributed by atoms with Gasteiger partial charge >= 0.3 is 6.36 Å². The van der Waals surface area contributed by atoms with Crippen LogP contribution in [0.15, 0.2) is 65.6 Å². The van der Waals surface area contributed by atoms with Crippen LogP contribution in [0.1, 0.15) is 24.0 Å². The highest BCUT2D eigenvalue weighted by Gasteiger charge is 2.50. The number of benzene rings is 3. The van der Waals surface area contributed by atoms with Crippen molar-refractivity contribution in [1.29, 1.82) is 0 Å². The van der Waals surface area contributed by atoms with Gasteiger partial charge in [0.1, 0.15) is 11.5 Å². The quantitative estimate of drug-likeness (QED) is 0.392. The molecule has 0 amide bonds. The van der Waals surface area contributed by atoms with Gasteiger partial charge in [-0.25, -0.2) is 12.7 Å². The number of carbonyl (C=O) groups excluding carboxylic acids is 1. The van der Waals surface area contributed by atoms with Crippen molar-refractivity contribution >= 4 is 15.8 Å². The Kier molecular flexibility index (Phi) is 6.39. The van der Waals surface area contributed by atoms with Crippen LogP contribution < -0.4 is 14.2 Å². The zero-order valence-corrected chi connectivity index (χ0v) is 21.4. The van der Waals surface area contributed by atoms with Crippen LogP contribution in [0, 0.1) is 0 Å². The molecule has 11 heteroatoms. The molecule has 1 aliphatic heterocycles. The molecule has 1 saturated carbocycles. The minimum atomic E-state index is -4.96. The molecule has 7 nitrogen and oxygen atoms in total. The van der Waals surface area contributed by atoms with Crippen LogP contribution in [0.4, 0.5) is 13.2 Å². The molecule has 2 aliphatic rings. The number of halogens is 3. The number of ether oxygens (including phenoxy) is 3. The zero-order valence-electron chi connectivity index (χ0n) is 20.5. The Bertz CT molecular complexity index is 1510. The first-order chi connectivity index (χ1) is 17.9. The number of rotatable bonds is 8. The van der Waals surface area contributed by atoms with E-state index in [-0.39, 0.29) is 35.0 Å². The molecule has 0 saturated heterocycles. The maximum atomic E-state index is 13.5. The van der Waals surface area contributed by atoms with E-state index in [9.17, 15) is 26.4 Å². The highest BCUT2D eigenvalue weighted by molar-refractivity contribution is 7.89. The van der Waals surface area contributed by atoms with Crippen molar-refractivity contribution in [1.82, 2.24) is 4.31 Å². The van der Waals surface area contributed by atoms with Gasteiger partial charge in [0.25, 0.3) is 0 Å². The van der Waals surface area contributed by atoms with E-state index in [1.165, 1.54) is 50.5 Å². The molecule has 0 spiro atoms. The van der Waals surface area contributed by atoms with Crippen molar-refractivity contribution in [2.75, 3.05) is 20.9 Å². The number of alkyl halides is 3. The summed E-state index contributed by atoms with van der Waals surface area (Å²) < 4.78 is 80.8. The second-order valence-electron chi connectivity index (χ2n) is 9.44. The summed E-state index contributed by atoms with van der Waals surface area (Å²) in [5.74, 6) is 0.617. The molecule has 5 rings (SSSR count). The maximum Gasteiger partial charge on any atom is 0.573 e. The molecule has 0 bridgehead atoms. The minimum Gasteiger partial charge on any atom is -0.454 e. The van der Waals surface area contributed by atoms with Crippen molar-refractivity contribution in [3.63, 3.8) is 0 Å². The van der Waals surface area contributed by atoms with Gasteiger partial charge in [-0.3, -0.25) is 4.79 Å². The third kappa shape index (κ3) is 4.95. The van der Waals surface area contributed by atoms with Gasteiger partial charge < -0.3 is 14.2 Å². The van der Waals surface area contributed by atoms with Crippen LogP contribution in [0.5, 0.6) is 17.2 Å². The Morgan fingerprint density at radius 1 is 1.00 bits per heavy atom. The van der Waals surface area contributed by atoms with Crippen molar-refractivity contribution in [2.24, 2.45) is 0 Å². The maximum absolute atomic E-state index is 13.5. The predicted octanol–water partition coefficient (Wildman–Crippen LogP) is 5.07. The third-order valence-corrected chi connectivity index (χ3v) is 8.58. The zero-order chi connectivity index (χ0) is 27.3. The summed E-state index contributed by atoms with van der Waals surface area (Å²) in [5, 5.41) is 0. The summed E-state index contributed by atoms with van der Waals surface area (Å²) in [4.78, 5) is 13.4. The molecule has 1 heterocycles.